The molecule has 1 nitrogen and oxygen atoms in total. The number of hydrogen-bond donors (Lipinski definition) is 1. The van der Waals surface area contributed by atoms with Gasteiger partial charge in [0.05, 0.1) is 5.60 Å². The SMILES string of the molecule is CC(O)(CCc1ccccc1)c1cccc(Cl)c1. The predicted octanol–water partition coefficient (Wildman–Crippen LogP) is 4.18. The third-order valence-electron chi connectivity index (χ3n) is 3.19. The standard InChI is InChI=1S/C16H17ClO/c1-16(18,14-8-5-9-15(17)12-14)11-10-13-6-3-2-4-7-13/h2-9,12,18H,10-11H2,1H3. The first-order chi connectivity index (χ1) is 8.58. The van der Waals surface area contributed by atoms with E-state index in [4.69, 9.17) is 11.6 Å². The van der Waals surface area contributed by atoms with Crippen LogP contribution in [-0.4, -0.2) is 5.11 Å². The maximum absolute atomic E-state index is 10.5. The molecule has 2 rings (SSSR count). The van der Waals surface area contributed by atoms with Crippen LogP contribution >= 0.6 is 11.6 Å². The van der Waals surface area contributed by atoms with Crippen LogP contribution in [0.3, 0.4) is 0 Å². The van der Waals surface area contributed by atoms with Crippen LogP contribution in [0.4, 0.5) is 0 Å². The van der Waals surface area contributed by atoms with Crippen molar-refractivity contribution in [3.63, 3.8) is 0 Å². The summed E-state index contributed by atoms with van der Waals surface area (Å²) in [7, 11) is 0. The first-order valence-electron chi connectivity index (χ1n) is 6.10. The minimum atomic E-state index is -0.846. The summed E-state index contributed by atoms with van der Waals surface area (Å²) < 4.78 is 0. The molecule has 18 heavy (non-hydrogen) atoms. The molecular formula is C16H17ClO. The number of aryl methyl sites for hydroxylation is 1. The van der Waals surface area contributed by atoms with Crippen LogP contribution in [-0.2, 0) is 12.0 Å². The lowest BCUT2D eigenvalue weighted by Gasteiger charge is -2.24. The molecule has 2 aromatic carbocycles. The van der Waals surface area contributed by atoms with E-state index in [1.54, 1.807) is 0 Å². The first-order valence-corrected chi connectivity index (χ1v) is 6.48. The average molecular weight is 261 g/mol. The normalized spacial score (nSPS) is 14.2. The fraction of sp³-hybridized carbons (Fsp3) is 0.250. The molecule has 0 radical (unpaired) electrons. The van der Waals surface area contributed by atoms with E-state index in [9.17, 15) is 5.11 Å². The summed E-state index contributed by atoms with van der Waals surface area (Å²) in [6.45, 7) is 1.83. The summed E-state index contributed by atoms with van der Waals surface area (Å²) in [6.07, 6.45) is 1.53. The second kappa shape index (κ2) is 5.55. The summed E-state index contributed by atoms with van der Waals surface area (Å²) in [4.78, 5) is 0. The maximum Gasteiger partial charge on any atom is 0.0872 e. The van der Waals surface area contributed by atoms with E-state index in [0.29, 0.717) is 11.4 Å². The van der Waals surface area contributed by atoms with Gasteiger partial charge in [-0.3, -0.25) is 0 Å². The van der Waals surface area contributed by atoms with Gasteiger partial charge in [0.2, 0.25) is 0 Å². The third-order valence-corrected chi connectivity index (χ3v) is 3.42. The van der Waals surface area contributed by atoms with Crippen LogP contribution in [0, 0.1) is 0 Å². The van der Waals surface area contributed by atoms with Gasteiger partial charge in [-0.1, -0.05) is 54.1 Å². The minimum absolute atomic E-state index is 0.660. The van der Waals surface area contributed by atoms with Crippen molar-refractivity contribution in [2.45, 2.75) is 25.4 Å². The Kier molecular flexibility index (Phi) is 4.05. The van der Waals surface area contributed by atoms with Gasteiger partial charge >= 0.3 is 0 Å². The van der Waals surface area contributed by atoms with E-state index in [1.807, 2.05) is 49.4 Å². The van der Waals surface area contributed by atoms with Crippen molar-refractivity contribution >= 4 is 11.6 Å². The second-order valence-electron chi connectivity index (χ2n) is 4.77. The molecule has 94 valence electrons. The van der Waals surface area contributed by atoms with Crippen LogP contribution in [0.15, 0.2) is 54.6 Å². The summed E-state index contributed by atoms with van der Waals surface area (Å²) >= 11 is 5.96. The Hall–Kier alpha value is -1.31. The molecule has 1 atom stereocenters. The van der Waals surface area contributed by atoms with Gasteiger partial charge in [-0.2, -0.15) is 0 Å². The highest BCUT2D eigenvalue weighted by Gasteiger charge is 2.22. The molecule has 0 spiro atoms. The molecule has 2 heteroatoms. The van der Waals surface area contributed by atoms with Gasteiger partial charge in [-0.15, -0.1) is 0 Å². The van der Waals surface area contributed by atoms with Gasteiger partial charge in [0.1, 0.15) is 0 Å². The summed E-state index contributed by atoms with van der Waals surface area (Å²) in [5, 5.41) is 11.2. The molecular weight excluding hydrogens is 244 g/mol. The van der Waals surface area contributed by atoms with Gasteiger partial charge in [-0.25, -0.2) is 0 Å². The molecule has 0 bridgehead atoms. The minimum Gasteiger partial charge on any atom is -0.385 e. The largest absolute Gasteiger partial charge is 0.385 e. The van der Waals surface area contributed by atoms with Crippen LogP contribution in [0.2, 0.25) is 5.02 Å². The van der Waals surface area contributed by atoms with Gasteiger partial charge in [0.25, 0.3) is 0 Å². The monoisotopic (exact) mass is 260 g/mol. The zero-order chi connectivity index (χ0) is 13.0. The molecule has 1 N–H and O–H groups in total. The summed E-state index contributed by atoms with van der Waals surface area (Å²) in [6, 6.07) is 17.6. The fourth-order valence-corrected chi connectivity index (χ4v) is 2.19. The van der Waals surface area contributed by atoms with E-state index in [1.165, 1.54) is 5.56 Å². The Morgan fingerprint density at radius 3 is 2.44 bits per heavy atom. The molecule has 0 aliphatic carbocycles. The molecule has 0 amide bonds. The van der Waals surface area contributed by atoms with E-state index >= 15 is 0 Å². The van der Waals surface area contributed by atoms with Crippen LogP contribution in [0.5, 0.6) is 0 Å². The zero-order valence-corrected chi connectivity index (χ0v) is 11.2. The van der Waals surface area contributed by atoms with Gasteiger partial charge in [0.15, 0.2) is 0 Å². The maximum atomic E-state index is 10.5. The predicted molar refractivity (Wildman–Crippen MR) is 75.8 cm³/mol. The summed E-state index contributed by atoms with van der Waals surface area (Å²) in [5.41, 5.74) is 1.26. The lowest BCUT2D eigenvalue weighted by atomic mass is 9.89. The van der Waals surface area contributed by atoms with E-state index < -0.39 is 5.60 Å². The number of halogens is 1. The van der Waals surface area contributed by atoms with Gasteiger partial charge in [-0.05, 0) is 43.0 Å². The molecule has 0 saturated heterocycles. The topological polar surface area (TPSA) is 20.2 Å². The van der Waals surface area contributed by atoms with Crippen molar-refractivity contribution in [1.82, 2.24) is 0 Å². The second-order valence-corrected chi connectivity index (χ2v) is 5.21. The average Bonchev–Trinajstić information content (AvgIpc) is 2.38. The number of benzene rings is 2. The molecule has 1 unspecified atom stereocenters. The lowest BCUT2D eigenvalue weighted by molar-refractivity contribution is 0.0480. The van der Waals surface area contributed by atoms with Crippen molar-refractivity contribution in [1.29, 1.82) is 0 Å². The fourth-order valence-electron chi connectivity index (χ4n) is 2.00. The Morgan fingerprint density at radius 1 is 1.06 bits per heavy atom. The van der Waals surface area contributed by atoms with Crippen molar-refractivity contribution in [2.75, 3.05) is 0 Å². The van der Waals surface area contributed by atoms with Gasteiger partial charge in [0, 0.05) is 5.02 Å². The molecule has 0 aromatic heterocycles. The Labute approximate surface area is 113 Å². The molecule has 0 fully saturated rings. The quantitative estimate of drug-likeness (QED) is 0.874. The molecule has 2 aromatic rings. The van der Waals surface area contributed by atoms with Crippen molar-refractivity contribution in [3.05, 3.63) is 70.7 Å². The van der Waals surface area contributed by atoms with Crippen LogP contribution in [0.1, 0.15) is 24.5 Å². The molecule has 0 heterocycles. The van der Waals surface area contributed by atoms with Gasteiger partial charge < -0.3 is 5.11 Å². The smallest absolute Gasteiger partial charge is 0.0872 e. The Bertz CT molecular complexity index is 506. The number of aliphatic hydroxyl groups is 1. The first kappa shape index (κ1) is 13.1. The van der Waals surface area contributed by atoms with E-state index in [-0.39, 0.29) is 0 Å². The van der Waals surface area contributed by atoms with Crippen molar-refractivity contribution in [2.24, 2.45) is 0 Å². The third kappa shape index (κ3) is 3.34. The lowest BCUT2D eigenvalue weighted by Crippen LogP contribution is -2.21. The Morgan fingerprint density at radius 2 is 1.78 bits per heavy atom. The van der Waals surface area contributed by atoms with Crippen molar-refractivity contribution in [3.8, 4) is 0 Å². The van der Waals surface area contributed by atoms with E-state index in [0.717, 1.165) is 12.0 Å². The Balaban J connectivity index is 2.08. The van der Waals surface area contributed by atoms with Crippen LogP contribution in [0.25, 0.3) is 0 Å². The highest BCUT2D eigenvalue weighted by Crippen LogP contribution is 2.27. The number of hydrogen-bond acceptors (Lipinski definition) is 1. The summed E-state index contributed by atoms with van der Waals surface area (Å²) in [5.74, 6) is 0. The molecule has 0 aliphatic rings. The number of rotatable bonds is 4. The zero-order valence-electron chi connectivity index (χ0n) is 10.4. The van der Waals surface area contributed by atoms with Crippen molar-refractivity contribution < 1.29 is 5.11 Å². The van der Waals surface area contributed by atoms with E-state index in [2.05, 4.69) is 12.1 Å². The van der Waals surface area contributed by atoms with Crippen LogP contribution < -0.4 is 0 Å². The molecule has 0 aliphatic heterocycles. The highest BCUT2D eigenvalue weighted by molar-refractivity contribution is 6.30. The highest BCUT2D eigenvalue weighted by atomic mass is 35.5. The molecule has 0 saturated carbocycles.